The fourth-order valence-electron chi connectivity index (χ4n) is 5.08. The Balaban J connectivity index is 0.00000289. The van der Waals surface area contributed by atoms with E-state index < -0.39 is 0 Å². The number of aliphatic imine (C=N–C) groups is 1. The van der Waals surface area contributed by atoms with Crippen LogP contribution in [0.5, 0.6) is 0 Å². The number of morpholine rings is 1. The van der Waals surface area contributed by atoms with Gasteiger partial charge in [0.05, 0.1) is 13.2 Å². The topological polar surface area (TPSA) is 61.4 Å². The van der Waals surface area contributed by atoms with Gasteiger partial charge in [-0.1, -0.05) is 24.3 Å². The van der Waals surface area contributed by atoms with E-state index in [1.54, 1.807) is 0 Å². The summed E-state index contributed by atoms with van der Waals surface area (Å²) < 4.78 is 11.2. The summed E-state index contributed by atoms with van der Waals surface area (Å²) in [6.07, 6.45) is 4.82. The maximum absolute atomic E-state index is 5.69. The Labute approximate surface area is 210 Å². The maximum Gasteiger partial charge on any atom is 0.191 e. The van der Waals surface area contributed by atoms with Crippen molar-refractivity contribution < 1.29 is 9.47 Å². The summed E-state index contributed by atoms with van der Waals surface area (Å²) in [6, 6.07) is 8.73. The third-order valence-corrected chi connectivity index (χ3v) is 7.07. The molecule has 0 amide bonds. The van der Waals surface area contributed by atoms with Gasteiger partial charge >= 0.3 is 0 Å². The van der Waals surface area contributed by atoms with E-state index in [0.29, 0.717) is 0 Å². The number of hydrogen-bond acceptors (Lipinski definition) is 5. The zero-order valence-electron chi connectivity index (χ0n) is 19.5. The molecule has 0 aliphatic carbocycles. The van der Waals surface area contributed by atoms with E-state index >= 15 is 0 Å². The van der Waals surface area contributed by atoms with Crippen molar-refractivity contribution in [3.05, 3.63) is 35.4 Å². The largest absolute Gasteiger partial charge is 0.381 e. The van der Waals surface area contributed by atoms with Gasteiger partial charge in [0.2, 0.25) is 0 Å². The highest BCUT2D eigenvalue weighted by Gasteiger charge is 2.39. The predicted octanol–water partition coefficient (Wildman–Crippen LogP) is 2.45. The molecule has 0 saturated carbocycles. The highest BCUT2D eigenvalue weighted by Crippen LogP contribution is 2.30. The molecule has 3 fully saturated rings. The van der Waals surface area contributed by atoms with Crippen molar-refractivity contribution in [2.24, 2.45) is 4.99 Å². The first-order valence-electron chi connectivity index (χ1n) is 11.9. The van der Waals surface area contributed by atoms with E-state index in [1.807, 2.05) is 7.05 Å². The van der Waals surface area contributed by atoms with Crippen LogP contribution in [0.25, 0.3) is 0 Å². The van der Waals surface area contributed by atoms with Gasteiger partial charge in [0.25, 0.3) is 0 Å². The first-order chi connectivity index (χ1) is 15.3. The number of nitrogens with zero attached hydrogens (tertiary/aromatic N) is 3. The van der Waals surface area contributed by atoms with Gasteiger partial charge in [-0.3, -0.25) is 14.8 Å². The fourth-order valence-corrected chi connectivity index (χ4v) is 5.08. The number of hydrogen-bond donors (Lipinski definition) is 2. The summed E-state index contributed by atoms with van der Waals surface area (Å²) in [5, 5.41) is 7.20. The maximum atomic E-state index is 5.69. The Kier molecular flexibility index (Phi) is 10.5. The molecule has 7 nitrogen and oxygen atoms in total. The summed E-state index contributed by atoms with van der Waals surface area (Å²) in [5.74, 6) is 0.881. The first-order valence-corrected chi connectivity index (χ1v) is 11.9. The van der Waals surface area contributed by atoms with Crippen LogP contribution in [0, 0.1) is 0 Å². The predicted molar refractivity (Wildman–Crippen MR) is 140 cm³/mol. The van der Waals surface area contributed by atoms with Crippen molar-refractivity contribution in [2.75, 3.05) is 66.2 Å². The standard InChI is InChI=1S/C24H39N5O2.HI/c1-25-23(27-20-24(8-14-30-15-9-24)29-10-4-5-11-29)26-18-21-6-2-3-7-22(21)19-28-12-16-31-17-13-28;/h2-3,6-7H,4-5,8-20H2,1H3,(H2,25,26,27);1H. The van der Waals surface area contributed by atoms with E-state index in [9.17, 15) is 0 Å². The Morgan fingerprint density at radius 3 is 2.28 bits per heavy atom. The molecule has 0 aromatic heterocycles. The molecular weight excluding hydrogens is 517 g/mol. The SMILES string of the molecule is CN=C(NCc1ccccc1CN1CCOCC1)NCC1(N2CCCC2)CCOCC1.I. The summed E-state index contributed by atoms with van der Waals surface area (Å²) in [5.41, 5.74) is 2.91. The van der Waals surface area contributed by atoms with Crippen LogP contribution in [0.3, 0.4) is 0 Å². The van der Waals surface area contributed by atoms with Gasteiger partial charge in [0.1, 0.15) is 0 Å². The van der Waals surface area contributed by atoms with E-state index in [-0.39, 0.29) is 29.5 Å². The van der Waals surface area contributed by atoms with Crippen LogP contribution < -0.4 is 10.6 Å². The van der Waals surface area contributed by atoms with Crippen LogP contribution in [0.1, 0.15) is 36.8 Å². The second-order valence-electron chi connectivity index (χ2n) is 8.97. The third-order valence-electron chi connectivity index (χ3n) is 7.07. The Bertz CT molecular complexity index is 714. The average molecular weight is 558 g/mol. The van der Waals surface area contributed by atoms with E-state index in [1.165, 1.54) is 37.1 Å². The monoisotopic (exact) mass is 557 g/mol. The number of guanidine groups is 1. The van der Waals surface area contributed by atoms with Gasteiger partial charge in [-0.2, -0.15) is 0 Å². The molecule has 0 unspecified atom stereocenters. The number of likely N-dealkylation sites (tertiary alicyclic amines) is 1. The van der Waals surface area contributed by atoms with Crippen molar-refractivity contribution in [3.8, 4) is 0 Å². The van der Waals surface area contributed by atoms with Crippen LogP contribution in [-0.4, -0.2) is 87.5 Å². The molecule has 0 bridgehead atoms. The van der Waals surface area contributed by atoms with Crippen LogP contribution in [0.4, 0.5) is 0 Å². The minimum atomic E-state index is 0. The van der Waals surface area contributed by atoms with E-state index in [2.05, 4.69) is 49.7 Å². The summed E-state index contributed by atoms with van der Waals surface area (Å²) >= 11 is 0. The van der Waals surface area contributed by atoms with Crippen LogP contribution in [0.15, 0.2) is 29.3 Å². The molecule has 3 aliphatic rings. The molecule has 8 heteroatoms. The van der Waals surface area contributed by atoms with Crippen molar-refractivity contribution in [3.63, 3.8) is 0 Å². The Morgan fingerprint density at radius 2 is 1.59 bits per heavy atom. The highest BCUT2D eigenvalue weighted by atomic mass is 127. The van der Waals surface area contributed by atoms with Gasteiger partial charge in [-0.25, -0.2) is 0 Å². The molecule has 3 aliphatic heterocycles. The second kappa shape index (κ2) is 13.1. The molecule has 3 heterocycles. The van der Waals surface area contributed by atoms with Gasteiger partial charge in [-0.15, -0.1) is 24.0 Å². The molecular formula is C24H40IN5O2. The molecule has 0 atom stereocenters. The molecule has 180 valence electrons. The van der Waals surface area contributed by atoms with Crippen LogP contribution in [0.2, 0.25) is 0 Å². The van der Waals surface area contributed by atoms with Crippen molar-refractivity contribution in [1.82, 2.24) is 20.4 Å². The summed E-state index contributed by atoms with van der Waals surface area (Å²) in [6.45, 7) is 10.5. The zero-order chi connectivity index (χ0) is 21.4. The van der Waals surface area contributed by atoms with Crippen molar-refractivity contribution in [2.45, 2.75) is 44.3 Å². The van der Waals surface area contributed by atoms with Gasteiger partial charge in [0.15, 0.2) is 5.96 Å². The molecule has 1 aromatic carbocycles. The minimum Gasteiger partial charge on any atom is -0.381 e. The lowest BCUT2D eigenvalue weighted by atomic mass is 9.88. The van der Waals surface area contributed by atoms with Crippen LogP contribution in [-0.2, 0) is 22.6 Å². The number of benzene rings is 1. The summed E-state index contributed by atoms with van der Waals surface area (Å²) in [7, 11) is 1.86. The number of rotatable bonds is 7. The zero-order valence-corrected chi connectivity index (χ0v) is 21.8. The number of nitrogens with one attached hydrogen (secondary N) is 2. The highest BCUT2D eigenvalue weighted by molar-refractivity contribution is 14.0. The van der Waals surface area contributed by atoms with Crippen molar-refractivity contribution >= 4 is 29.9 Å². The quantitative estimate of drug-likeness (QED) is 0.305. The molecule has 0 radical (unpaired) electrons. The number of ether oxygens (including phenoxy) is 2. The first kappa shape index (κ1) is 25.7. The van der Waals surface area contributed by atoms with Gasteiger partial charge < -0.3 is 20.1 Å². The normalized spacial score (nSPS) is 22.3. The lowest BCUT2D eigenvalue weighted by molar-refractivity contribution is -0.0164. The van der Waals surface area contributed by atoms with Gasteiger partial charge in [-0.05, 0) is 49.9 Å². The van der Waals surface area contributed by atoms with Crippen molar-refractivity contribution in [1.29, 1.82) is 0 Å². The smallest absolute Gasteiger partial charge is 0.191 e. The van der Waals surface area contributed by atoms with E-state index in [0.717, 1.165) is 78.0 Å². The van der Waals surface area contributed by atoms with E-state index in [4.69, 9.17) is 9.47 Å². The molecule has 0 spiro atoms. The van der Waals surface area contributed by atoms with Gasteiger partial charge in [0, 0.05) is 58.5 Å². The lowest BCUT2D eigenvalue weighted by Crippen LogP contribution is -2.58. The molecule has 3 saturated heterocycles. The minimum absolute atomic E-state index is 0. The fraction of sp³-hybridized carbons (Fsp3) is 0.708. The lowest BCUT2D eigenvalue weighted by Gasteiger charge is -2.45. The summed E-state index contributed by atoms with van der Waals surface area (Å²) in [4.78, 5) is 9.67. The average Bonchev–Trinajstić information content (AvgIpc) is 3.37. The Morgan fingerprint density at radius 1 is 0.938 bits per heavy atom. The molecule has 1 aromatic rings. The molecule has 2 N–H and O–H groups in total. The molecule has 4 rings (SSSR count). The second-order valence-corrected chi connectivity index (χ2v) is 8.97. The van der Waals surface area contributed by atoms with Crippen LogP contribution >= 0.6 is 24.0 Å². The third kappa shape index (κ3) is 6.79. The Hall–Kier alpha value is -0.940. The molecule has 32 heavy (non-hydrogen) atoms. The number of halogens is 1.